The van der Waals surface area contributed by atoms with Gasteiger partial charge in [0.15, 0.2) is 5.96 Å². The number of hydrogen-bond acceptors (Lipinski definition) is 4. The van der Waals surface area contributed by atoms with E-state index in [-0.39, 0.29) is 29.9 Å². The van der Waals surface area contributed by atoms with E-state index in [4.69, 9.17) is 5.73 Å². The van der Waals surface area contributed by atoms with Crippen molar-refractivity contribution in [2.45, 2.75) is 50.7 Å². The molecule has 8 heteroatoms. The fourth-order valence-corrected chi connectivity index (χ4v) is 2.94. The lowest BCUT2D eigenvalue weighted by molar-refractivity contribution is -0.119. The normalized spacial score (nSPS) is 21.9. The van der Waals surface area contributed by atoms with E-state index >= 15 is 0 Å². The molecule has 23 heavy (non-hydrogen) atoms. The van der Waals surface area contributed by atoms with Crippen molar-refractivity contribution in [2.75, 3.05) is 32.7 Å². The third-order valence-corrected chi connectivity index (χ3v) is 4.47. The van der Waals surface area contributed by atoms with Crippen LogP contribution in [0.25, 0.3) is 0 Å². The summed E-state index contributed by atoms with van der Waals surface area (Å²) in [5.41, 5.74) is 4.64. The molecule has 1 saturated carbocycles. The van der Waals surface area contributed by atoms with Crippen molar-refractivity contribution in [3.63, 3.8) is 0 Å². The Balaban J connectivity index is 0.00000264. The molecular formula is C15H30IN5O2. The molecule has 1 aliphatic heterocycles. The minimum atomic E-state index is -0.590. The number of primary amides is 1. The molecule has 0 bridgehead atoms. The number of halogens is 1. The van der Waals surface area contributed by atoms with E-state index < -0.39 is 5.60 Å². The molecule has 0 unspecified atom stereocenters. The summed E-state index contributed by atoms with van der Waals surface area (Å²) >= 11 is 0. The van der Waals surface area contributed by atoms with Gasteiger partial charge in [-0.05, 0) is 39.0 Å². The molecule has 7 nitrogen and oxygen atoms in total. The summed E-state index contributed by atoms with van der Waals surface area (Å²) < 4.78 is 0. The first-order valence-electron chi connectivity index (χ1n) is 8.28. The highest BCUT2D eigenvalue weighted by Gasteiger charge is 2.34. The van der Waals surface area contributed by atoms with Crippen LogP contribution in [0.1, 0.15) is 39.0 Å². The van der Waals surface area contributed by atoms with Gasteiger partial charge in [0.1, 0.15) is 0 Å². The van der Waals surface area contributed by atoms with Crippen molar-refractivity contribution >= 4 is 35.8 Å². The SMILES string of the molecule is CCNC(=NCC1(O)CCC1)NC1CCN(CC(N)=O)CC1.I. The lowest BCUT2D eigenvalue weighted by atomic mass is 9.80. The maximum Gasteiger partial charge on any atom is 0.231 e. The van der Waals surface area contributed by atoms with Gasteiger partial charge in [0.25, 0.3) is 0 Å². The Hall–Kier alpha value is -0.610. The van der Waals surface area contributed by atoms with Gasteiger partial charge in [-0.15, -0.1) is 24.0 Å². The van der Waals surface area contributed by atoms with E-state index in [2.05, 4.69) is 20.5 Å². The molecule has 134 valence electrons. The number of aliphatic hydroxyl groups is 1. The molecule has 0 spiro atoms. The third kappa shape index (κ3) is 6.80. The Morgan fingerprint density at radius 3 is 2.52 bits per heavy atom. The first-order chi connectivity index (χ1) is 10.5. The maximum atomic E-state index is 10.9. The maximum absolute atomic E-state index is 10.9. The second kappa shape index (κ2) is 9.63. The molecule has 0 atom stereocenters. The van der Waals surface area contributed by atoms with Crippen molar-refractivity contribution in [2.24, 2.45) is 10.7 Å². The molecule has 0 aromatic rings. The second-order valence-corrected chi connectivity index (χ2v) is 6.43. The summed E-state index contributed by atoms with van der Waals surface area (Å²) in [5.74, 6) is 0.506. The smallest absolute Gasteiger partial charge is 0.231 e. The molecule has 0 aromatic carbocycles. The highest BCUT2D eigenvalue weighted by atomic mass is 127. The summed E-state index contributed by atoms with van der Waals surface area (Å²) in [4.78, 5) is 17.5. The average Bonchev–Trinajstić information content (AvgIpc) is 2.44. The van der Waals surface area contributed by atoms with Crippen LogP contribution in [0.5, 0.6) is 0 Å². The monoisotopic (exact) mass is 439 g/mol. The molecule has 2 rings (SSSR count). The van der Waals surface area contributed by atoms with E-state index in [1.807, 2.05) is 6.92 Å². The predicted molar refractivity (Wildman–Crippen MR) is 102 cm³/mol. The van der Waals surface area contributed by atoms with Crippen LogP contribution >= 0.6 is 24.0 Å². The Labute approximate surface area is 155 Å². The first kappa shape index (κ1) is 20.4. The summed E-state index contributed by atoms with van der Waals surface area (Å²) in [6.07, 6.45) is 4.71. The number of carbonyl (C=O) groups excluding carboxylic acids is 1. The number of aliphatic imine (C=N–C) groups is 1. The van der Waals surface area contributed by atoms with E-state index in [0.717, 1.165) is 57.7 Å². The molecule has 1 aliphatic carbocycles. The fourth-order valence-electron chi connectivity index (χ4n) is 2.94. The lowest BCUT2D eigenvalue weighted by Crippen LogP contribution is -2.50. The number of nitrogens with one attached hydrogen (secondary N) is 2. The molecular weight excluding hydrogens is 409 g/mol. The number of hydrogen-bond donors (Lipinski definition) is 4. The van der Waals surface area contributed by atoms with E-state index in [9.17, 15) is 9.90 Å². The number of likely N-dealkylation sites (tertiary alicyclic amines) is 1. The number of rotatable bonds is 6. The van der Waals surface area contributed by atoms with Gasteiger partial charge < -0.3 is 21.5 Å². The zero-order chi connectivity index (χ0) is 16.0. The second-order valence-electron chi connectivity index (χ2n) is 6.43. The van der Waals surface area contributed by atoms with Gasteiger partial charge in [-0.2, -0.15) is 0 Å². The van der Waals surface area contributed by atoms with Crippen molar-refractivity contribution in [1.29, 1.82) is 0 Å². The van der Waals surface area contributed by atoms with Crippen LogP contribution in [0.2, 0.25) is 0 Å². The van der Waals surface area contributed by atoms with Crippen molar-refractivity contribution in [3.8, 4) is 0 Å². The number of guanidine groups is 1. The van der Waals surface area contributed by atoms with Gasteiger partial charge in [0.2, 0.25) is 5.91 Å². The van der Waals surface area contributed by atoms with Crippen LogP contribution in [0.15, 0.2) is 4.99 Å². The van der Waals surface area contributed by atoms with Crippen molar-refractivity contribution in [3.05, 3.63) is 0 Å². The molecule has 1 heterocycles. The first-order valence-corrected chi connectivity index (χ1v) is 8.28. The van der Waals surface area contributed by atoms with Crippen LogP contribution in [0.4, 0.5) is 0 Å². The predicted octanol–water partition coefficient (Wildman–Crippen LogP) is 0.0242. The molecule has 5 N–H and O–H groups in total. The Kier molecular flexibility index (Phi) is 8.56. The van der Waals surface area contributed by atoms with Gasteiger partial charge in [-0.25, -0.2) is 0 Å². The molecule has 0 aromatic heterocycles. The van der Waals surface area contributed by atoms with Crippen LogP contribution in [-0.2, 0) is 4.79 Å². The minimum Gasteiger partial charge on any atom is -0.388 e. The van der Waals surface area contributed by atoms with Crippen LogP contribution in [0.3, 0.4) is 0 Å². The molecule has 1 amide bonds. The van der Waals surface area contributed by atoms with Gasteiger partial charge in [-0.3, -0.25) is 14.7 Å². The van der Waals surface area contributed by atoms with Crippen molar-refractivity contribution < 1.29 is 9.90 Å². The summed E-state index contributed by atoms with van der Waals surface area (Å²) in [6, 6.07) is 0.345. The van der Waals surface area contributed by atoms with Gasteiger partial charge in [0, 0.05) is 25.7 Å². The van der Waals surface area contributed by atoms with Crippen LogP contribution in [0, 0.1) is 0 Å². The van der Waals surface area contributed by atoms with Gasteiger partial charge >= 0.3 is 0 Å². The molecule has 0 radical (unpaired) electrons. The zero-order valence-electron chi connectivity index (χ0n) is 13.9. The fraction of sp³-hybridized carbons (Fsp3) is 0.867. The Morgan fingerprint density at radius 1 is 1.39 bits per heavy atom. The van der Waals surface area contributed by atoms with E-state index in [1.165, 1.54) is 0 Å². The highest BCUT2D eigenvalue weighted by Crippen LogP contribution is 2.31. The summed E-state index contributed by atoms with van der Waals surface area (Å²) in [7, 11) is 0. The molecule has 2 fully saturated rings. The van der Waals surface area contributed by atoms with Gasteiger partial charge in [0.05, 0.1) is 18.7 Å². The number of amides is 1. The van der Waals surface area contributed by atoms with Crippen LogP contribution in [-0.4, -0.2) is 66.2 Å². The lowest BCUT2D eigenvalue weighted by Gasteiger charge is -2.35. The molecule has 2 aliphatic rings. The Bertz CT molecular complexity index is 407. The van der Waals surface area contributed by atoms with Crippen molar-refractivity contribution in [1.82, 2.24) is 15.5 Å². The standard InChI is InChI=1S/C15H29N5O2.HI/c1-2-17-14(18-11-15(22)6-3-7-15)19-12-4-8-20(9-5-12)10-13(16)21;/h12,22H,2-11H2,1H3,(H2,16,21)(H2,17,18,19);1H. The summed E-state index contributed by atoms with van der Waals surface area (Å²) in [6.45, 7) is 5.36. The van der Waals surface area contributed by atoms with E-state index in [1.54, 1.807) is 0 Å². The minimum absolute atomic E-state index is 0. The van der Waals surface area contributed by atoms with E-state index in [0.29, 0.717) is 19.1 Å². The quantitative estimate of drug-likeness (QED) is 0.266. The number of piperidine rings is 1. The highest BCUT2D eigenvalue weighted by molar-refractivity contribution is 14.0. The average molecular weight is 439 g/mol. The summed E-state index contributed by atoms with van der Waals surface area (Å²) in [5, 5.41) is 16.8. The third-order valence-electron chi connectivity index (χ3n) is 4.47. The number of carbonyl (C=O) groups is 1. The molecule has 1 saturated heterocycles. The largest absolute Gasteiger partial charge is 0.388 e. The number of nitrogens with two attached hydrogens (primary N) is 1. The Morgan fingerprint density at radius 2 is 2.04 bits per heavy atom. The number of nitrogens with zero attached hydrogens (tertiary/aromatic N) is 2. The topological polar surface area (TPSA) is 103 Å². The zero-order valence-corrected chi connectivity index (χ0v) is 16.2. The van der Waals surface area contributed by atoms with Gasteiger partial charge in [-0.1, -0.05) is 0 Å². The van der Waals surface area contributed by atoms with Crippen LogP contribution < -0.4 is 16.4 Å².